The van der Waals surface area contributed by atoms with Crippen molar-refractivity contribution in [3.05, 3.63) is 40.6 Å². The smallest absolute Gasteiger partial charge is 0.239 e. The Morgan fingerprint density at radius 1 is 0.709 bits per heavy atom. The molecular formula is C34H42O21. The lowest BCUT2D eigenvalue weighted by atomic mass is 9.97. The van der Waals surface area contributed by atoms with Gasteiger partial charge in [-0.25, -0.2) is 0 Å². The fourth-order valence-electron chi connectivity index (χ4n) is 6.46. The van der Waals surface area contributed by atoms with Gasteiger partial charge in [0, 0.05) is 17.7 Å². The van der Waals surface area contributed by atoms with Crippen LogP contribution in [-0.4, -0.2) is 174 Å². The molecule has 0 unspecified atom stereocenters. The summed E-state index contributed by atoms with van der Waals surface area (Å²) < 4.78 is 45.3. The van der Waals surface area contributed by atoms with Crippen molar-refractivity contribution >= 4 is 11.0 Å². The summed E-state index contributed by atoms with van der Waals surface area (Å²) in [4.78, 5) is 14.2. The lowest BCUT2D eigenvalue weighted by Crippen LogP contribution is -2.65. The average molecular weight is 787 g/mol. The minimum Gasteiger partial charge on any atom is -0.508 e. The number of aromatic hydroxyl groups is 3. The van der Waals surface area contributed by atoms with E-state index in [-0.39, 0.29) is 22.6 Å². The molecule has 0 bridgehead atoms. The zero-order valence-electron chi connectivity index (χ0n) is 29.0. The Hall–Kier alpha value is -3.91. The van der Waals surface area contributed by atoms with E-state index in [1.54, 1.807) is 0 Å². The summed E-state index contributed by atoms with van der Waals surface area (Å²) in [6, 6.07) is 5.60. The number of phenolic OH excluding ortho intramolecular Hbond substituents is 3. The van der Waals surface area contributed by atoms with Gasteiger partial charge < -0.3 is 98.9 Å². The first kappa shape index (κ1) is 40.7. The van der Waals surface area contributed by atoms with Crippen molar-refractivity contribution in [2.45, 2.75) is 99.0 Å². The van der Waals surface area contributed by atoms with Gasteiger partial charge >= 0.3 is 0 Å². The molecule has 4 heterocycles. The normalized spacial score (nSPS) is 36.8. The molecule has 3 fully saturated rings. The van der Waals surface area contributed by atoms with Gasteiger partial charge in [-0.2, -0.15) is 0 Å². The second-order valence-corrected chi connectivity index (χ2v) is 13.3. The first-order valence-electron chi connectivity index (χ1n) is 16.9. The Morgan fingerprint density at radius 3 is 2.05 bits per heavy atom. The van der Waals surface area contributed by atoms with Crippen LogP contribution in [0.15, 0.2) is 39.5 Å². The summed E-state index contributed by atoms with van der Waals surface area (Å²) in [7, 11) is 1.25. The highest BCUT2D eigenvalue weighted by Crippen LogP contribution is 2.40. The minimum absolute atomic E-state index is 0.0208. The van der Waals surface area contributed by atoms with Crippen LogP contribution in [0.1, 0.15) is 6.92 Å². The van der Waals surface area contributed by atoms with Crippen molar-refractivity contribution in [3.63, 3.8) is 0 Å². The molecule has 0 radical (unpaired) electrons. The number of aliphatic hydroxyl groups is 9. The van der Waals surface area contributed by atoms with Crippen molar-refractivity contribution in [1.29, 1.82) is 0 Å². The molecule has 3 saturated heterocycles. The maximum absolute atomic E-state index is 14.2. The van der Waals surface area contributed by atoms with Crippen molar-refractivity contribution in [1.82, 2.24) is 0 Å². The quantitative estimate of drug-likeness (QED) is 0.0946. The molecule has 304 valence electrons. The summed E-state index contributed by atoms with van der Waals surface area (Å²) >= 11 is 0. The molecule has 55 heavy (non-hydrogen) atoms. The topological polar surface area (TPSA) is 338 Å². The second kappa shape index (κ2) is 16.3. The number of benzene rings is 2. The third-order valence-corrected chi connectivity index (χ3v) is 9.61. The molecule has 15 atom stereocenters. The molecule has 0 saturated carbocycles. The van der Waals surface area contributed by atoms with Crippen molar-refractivity contribution in [2.24, 2.45) is 0 Å². The molecule has 0 spiro atoms. The van der Waals surface area contributed by atoms with Crippen LogP contribution >= 0.6 is 0 Å². The Labute approximate surface area is 309 Å². The molecule has 6 rings (SSSR count). The van der Waals surface area contributed by atoms with Crippen LogP contribution in [0, 0.1) is 0 Å². The number of rotatable bonds is 10. The van der Waals surface area contributed by atoms with Crippen molar-refractivity contribution in [3.8, 4) is 40.1 Å². The van der Waals surface area contributed by atoms with Gasteiger partial charge in [-0.3, -0.25) is 4.79 Å². The highest BCUT2D eigenvalue weighted by Gasteiger charge is 2.52. The summed E-state index contributed by atoms with van der Waals surface area (Å²) in [5, 5.41) is 125. The van der Waals surface area contributed by atoms with E-state index >= 15 is 0 Å². The van der Waals surface area contributed by atoms with E-state index in [1.165, 1.54) is 32.2 Å². The highest BCUT2D eigenvalue weighted by atomic mass is 16.8. The SMILES string of the molecule is COc1cc(-c2oc3cc(O)cc(O)c3c(=O)c2O[C@@H]2O[C@H](CO[C@H]3O[C@H](C)[C@@H](O)[C@H](O)[C@@H]3O)[C@H](O)[C@H](O)[C@H]2O[C@@H]2O[C@H](CO)[C@@H](O)[C@H](O)[C@H]2O)ccc1O. The van der Waals surface area contributed by atoms with E-state index in [0.29, 0.717) is 0 Å². The molecular weight excluding hydrogens is 744 g/mol. The van der Waals surface area contributed by atoms with Gasteiger partial charge in [0.2, 0.25) is 17.5 Å². The Morgan fingerprint density at radius 2 is 1.36 bits per heavy atom. The van der Waals surface area contributed by atoms with E-state index in [1.807, 2.05) is 0 Å². The fourth-order valence-corrected chi connectivity index (χ4v) is 6.46. The zero-order chi connectivity index (χ0) is 40.0. The Bertz CT molecular complexity index is 1870. The van der Waals surface area contributed by atoms with Crippen LogP contribution in [0.2, 0.25) is 0 Å². The van der Waals surface area contributed by atoms with Crippen LogP contribution in [0.5, 0.6) is 28.7 Å². The van der Waals surface area contributed by atoms with E-state index in [4.69, 9.17) is 37.6 Å². The fraction of sp³-hybridized carbons (Fsp3) is 0.559. The molecule has 0 aliphatic carbocycles. The van der Waals surface area contributed by atoms with Gasteiger partial charge in [-0.1, -0.05) is 0 Å². The summed E-state index contributed by atoms with van der Waals surface area (Å²) in [6.07, 6.45) is -26.4. The highest BCUT2D eigenvalue weighted by molar-refractivity contribution is 5.88. The summed E-state index contributed by atoms with van der Waals surface area (Å²) in [6.45, 7) is -0.171. The van der Waals surface area contributed by atoms with Gasteiger partial charge in [0.15, 0.2) is 35.9 Å². The standard InChI is InChI=1S/C34H42O21/c1-10-20(39)24(43)27(46)32(50-10)49-9-18-22(41)26(45)31(55-33-28(47)25(44)21(40)17(8-35)52-33)34(53-18)54-30-23(42)19-14(38)6-12(36)7-16(19)51-29(30)11-3-4-13(37)15(5-11)48-2/h3-7,10,17-18,20-22,24-28,31-41,43-47H,8-9H2,1-2H3/t10-,17-,18-,20-,21-,22+,24+,25+,26+,27+,28-,31-,32+,33+,34+/m1/s1. The monoisotopic (exact) mass is 786 g/mol. The Kier molecular flexibility index (Phi) is 12.1. The number of hydrogen-bond donors (Lipinski definition) is 12. The van der Waals surface area contributed by atoms with Crippen LogP contribution in [0.3, 0.4) is 0 Å². The molecule has 3 aliphatic heterocycles. The van der Waals surface area contributed by atoms with Gasteiger partial charge in [0.1, 0.15) is 83.5 Å². The number of aliphatic hydroxyl groups excluding tert-OH is 9. The van der Waals surface area contributed by atoms with Crippen LogP contribution < -0.4 is 14.9 Å². The lowest BCUT2D eigenvalue weighted by Gasteiger charge is -2.46. The number of methoxy groups -OCH3 is 1. The molecule has 21 nitrogen and oxygen atoms in total. The number of fused-ring (bicyclic) bond motifs is 1. The molecule has 21 heteroatoms. The van der Waals surface area contributed by atoms with E-state index in [9.17, 15) is 66.1 Å². The van der Waals surface area contributed by atoms with Gasteiger partial charge in [0.25, 0.3) is 0 Å². The van der Waals surface area contributed by atoms with E-state index < -0.39 is 139 Å². The van der Waals surface area contributed by atoms with Crippen molar-refractivity contribution in [2.75, 3.05) is 20.3 Å². The Balaban J connectivity index is 1.41. The van der Waals surface area contributed by atoms with E-state index in [0.717, 1.165) is 12.1 Å². The minimum atomic E-state index is -2.08. The largest absolute Gasteiger partial charge is 0.508 e. The third-order valence-electron chi connectivity index (χ3n) is 9.61. The van der Waals surface area contributed by atoms with E-state index in [2.05, 4.69) is 0 Å². The van der Waals surface area contributed by atoms with Gasteiger partial charge in [0.05, 0.1) is 26.4 Å². The molecule has 2 aromatic carbocycles. The van der Waals surface area contributed by atoms with Crippen LogP contribution in [0.25, 0.3) is 22.3 Å². The number of phenols is 3. The van der Waals surface area contributed by atoms with Crippen LogP contribution in [-0.2, 0) is 23.7 Å². The maximum atomic E-state index is 14.2. The second-order valence-electron chi connectivity index (χ2n) is 13.3. The number of hydrogen-bond acceptors (Lipinski definition) is 21. The maximum Gasteiger partial charge on any atom is 0.239 e. The predicted molar refractivity (Wildman–Crippen MR) is 178 cm³/mol. The zero-order valence-corrected chi connectivity index (χ0v) is 29.0. The molecule has 0 amide bonds. The molecule has 3 aromatic rings. The molecule has 12 N–H and O–H groups in total. The lowest BCUT2D eigenvalue weighted by molar-refractivity contribution is -0.362. The first-order chi connectivity index (χ1) is 26.1. The van der Waals surface area contributed by atoms with Crippen molar-refractivity contribution < 1.29 is 98.9 Å². The first-order valence-corrected chi connectivity index (χ1v) is 16.9. The van der Waals surface area contributed by atoms with Crippen LogP contribution in [0.4, 0.5) is 0 Å². The number of ether oxygens (including phenoxy) is 7. The molecule has 3 aliphatic rings. The summed E-state index contributed by atoms with van der Waals surface area (Å²) in [5.41, 5.74) is -1.39. The predicted octanol–water partition coefficient (Wildman–Crippen LogP) is -3.56. The van der Waals surface area contributed by atoms with Gasteiger partial charge in [-0.15, -0.1) is 0 Å². The van der Waals surface area contributed by atoms with Gasteiger partial charge in [-0.05, 0) is 25.1 Å². The average Bonchev–Trinajstić information content (AvgIpc) is 3.15. The third kappa shape index (κ3) is 7.77. The summed E-state index contributed by atoms with van der Waals surface area (Å²) in [5.74, 6) is -2.77. The molecule has 1 aromatic heterocycles.